The van der Waals surface area contributed by atoms with Crippen molar-refractivity contribution < 1.29 is 49.6 Å². The second-order valence-electron chi connectivity index (χ2n) is 18.7. The van der Waals surface area contributed by atoms with Gasteiger partial charge in [-0.1, -0.05) is 43.2 Å². The van der Waals surface area contributed by atoms with E-state index >= 15 is 0 Å². The van der Waals surface area contributed by atoms with Gasteiger partial charge in [-0.3, -0.25) is 4.79 Å². The molecular weight excluding hydrogens is 799 g/mol. The van der Waals surface area contributed by atoms with E-state index in [0.29, 0.717) is 24.0 Å². The van der Waals surface area contributed by atoms with E-state index in [0.717, 1.165) is 85.5 Å². The maximum atomic E-state index is 11.9. The fourth-order valence-electron chi connectivity index (χ4n) is 10.8. The van der Waals surface area contributed by atoms with Gasteiger partial charge >= 0.3 is 5.97 Å². The molecule has 1 unspecified atom stereocenters. The van der Waals surface area contributed by atoms with Crippen molar-refractivity contribution in [3.63, 3.8) is 0 Å². The minimum atomic E-state index is -4.56. The summed E-state index contributed by atoms with van der Waals surface area (Å²) in [6.45, 7) is 20.0. The molecule has 1 atom stereocenters. The van der Waals surface area contributed by atoms with Crippen LogP contribution in [0.15, 0.2) is 52.3 Å². The van der Waals surface area contributed by atoms with E-state index < -0.39 is 37.0 Å². The van der Waals surface area contributed by atoms with Gasteiger partial charge < -0.3 is 14.2 Å². The fraction of sp³-hybridized carbons (Fsp3) is 0.532. The van der Waals surface area contributed by atoms with Crippen LogP contribution >= 0.6 is 0 Å². The summed E-state index contributed by atoms with van der Waals surface area (Å²) in [4.78, 5) is 10.5. The Balaban J connectivity index is 0.000000141. The van der Waals surface area contributed by atoms with Gasteiger partial charge in [-0.15, -0.1) is 0 Å². The van der Waals surface area contributed by atoms with Crippen molar-refractivity contribution in [1.29, 1.82) is 0 Å². The topological polar surface area (TPSA) is 161 Å². The van der Waals surface area contributed by atoms with Gasteiger partial charge in [-0.2, -0.15) is 13.7 Å². The van der Waals surface area contributed by atoms with Crippen molar-refractivity contribution in [2.75, 3.05) is 19.6 Å². The van der Waals surface area contributed by atoms with Crippen LogP contribution in [0.5, 0.6) is 0 Å². The molecule has 0 fully saturated rings. The molecule has 0 saturated heterocycles. The average molecular weight is 859 g/mol. The highest BCUT2D eigenvalue weighted by atomic mass is 32.2. The first kappa shape index (κ1) is 44.0. The Bertz CT molecular complexity index is 2640. The van der Waals surface area contributed by atoms with Gasteiger partial charge in [0.1, 0.15) is 39.9 Å². The molecule has 3 aromatic carbocycles. The highest BCUT2D eigenvalue weighted by molar-refractivity contribution is 7.86. The molecule has 6 aliphatic rings. The van der Waals surface area contributed by atoms with E-state index in [1.165, 1.54) is 48.5 Å². The molecule has 322 valence electrons. The van der Waals surface area contributed by atoms with Crippen LogP contribution in [-0.2, 0) is 60.5 Å². The first-order chi connectivity index (χ1) is 28.0. The molecule has 0 bridgehead atoms. The lowest BCUT2D eigenvalue weighted by Crippen LogP contribution is -2.31. The van der Waals surface area contributed by atoms with Crippen LogP contribution in [0.1, 0.15) is 140 Å². The fourth-order valence-corrected chi connectivity index (χ4v) is 12.5. The molecule has 1 N–H and O–H groups in total. The lowest BCUT2D eigenvalue weighted by molar-refractivity contribution is -0.444. The predicted molar refractivity (Wildman–Crippen MR) is 231 cm³/mol. The Hall–Kier alpha value is -4.04. The largest absolute Gasteiger partial charge is 0.744 e. The summed E-state index contributed by atoms with van der Waals surface area (Å²) in [6, 6.07) is 13.3. The standard InChI is InChI=1S/C19H25NO5S.C14H17NO3S.C14H18N/c1-13-19(2,11-5-3-4-8-16(21)22)17-15(26(23,24)25)10-9-14-7-6-12-20(13)18(14)17;1-9-14(2,3)12-11(19(16,17)18)7-6-10-5-4-8-15(9)13(10)12;1-10-14(2,3)12-8-4-6-11-7-5-9-15(10)13(11)12/h9-10H,3-8,11-12H2,1-2H3,(H-,21,22,23,24,25);6-7H,4-5,8H2,1-3H3;4,6,8H,5,7,9H2,1-3H3/q;;+1. The van der Waals surface area contributed by atoms with Crippen LogP contribution < -0.4 is 0 Å². The number of nitrogens with zero attached hydrogens (tertiary/aromatic N) is 3. The Kier molecular flexibility index (Phi) is 11.5. The molecule has 6 aliphatic heterocycles. The Morgan fingerprint density at radius 1 is 0.617 bits per heavy atom. The zero-order chi connectivity index (χ0) is 43.7. The van der Waals surface area contributed by atoms with Crippen molar-refractivity contribution in [2.45, 2.75) is 152 Å². The first-order valence-corrected chi connectivity index (χ1v) is 24.3. The van der Waals surface area contributed by atoms with E-state index in [1.54, 1.807) is 17.7 Å². The second-order valence-corrected chi connectivity index (χ2v) is 21.4. The van der Waals surface area contributed by atoms with Crippen LogP contribution in [0, 0.1) is 0 Å². The molecule has 0 amide bonds. The molecule has 9 rings (SSSR count). The molecular formula is C47H60N3O8S2+. The summed E-state index contributed by atoms with van der Waals surface area (Å²) in [5.74, 6) is -0.799. The number of rotatable bonds is 8. The molecule has 0 spiro atoms. The molecule has 0 saturated carbocycles. The van der Waals surface area contributed by atoms with Crippen LogP contribution in [0.4, 0.5) is 17.1 Å². The van der Waals surface area contributed by atoms with Gasteiger partial charge in [0.15, 0.2) is 17.1 Å². The lowest BCUT2D eigenvalue weighted by Gasteiger charge is -2.25. The van der Waals surface area contributed by atoms with Crippen molar-refractivity contribution in [3.8, 4) is 0 Å². The molecule has 60 heavy (non-hydrogen) atoms. The van der Waals surface area contributed by atoms with E-state index in [1.807, 2.05) is 34.6 Å². The number of carboxylic acid groups (broad SMARTS) is 1. The van der Waals surface area contributed by atoms with Gasteiger partial charge in [0.05, 0.1) is 37.2 Å². The first-order valence-electron chi connectivity index (χ1n) is 21.5. The smallest absolute Gasteiger partial charge is 0.303 e. The summed E-state index contributed by atoms with van der Waals surface area (Å²) in [5.41, 5.74) is 13.1. The summed E-state index contributed by atoms with van der Waals surface area (Å²) in [7, 11) is -9.00. The number of hydrogen-bond acceptors (Lipinski definition) is 7. The SMILES string of the molecule is CC1=[N+]2CCCc3ccc(S(=O)(=O)[O-])c(c32)C1(C)C.CC1=[N+]2CCCc3ccc(S(=O)(=O)[O-])c(c32)C1(C)CCCCCC(=O)O.CC1=[N+]2CCCc3cccc(c32)C1(C)C. The number of benzene rings is 3. The van der Waals surface area contributed by atoms with E-state index in [2.05, 4.69) is 52.7 Å². The van der Waals surface area contributed by atoms with Crippen LogP contribution in [0.3, 0.4) is 0 Å². The molecule has 6 heterocycles. The number of aliphatic carboxylic acids is 1. The highest BCUT2D eigenvalue weighted by Crippen LogP contribution is 2.50. The monoisotopic (exact) mass is 858 g/mol. The minimum Gasteiger partial charge on any atom is -0.744 e. The van der Waals surface area contributed by atoms with Crippen molar-refractivity contribution in [3.05, 3.63) is 75.8 Å². The number of aryl methyl sites for hydroxylation is 3. The van der Waals surface area contributed by atoms with Gasteiger partial charge in [-0.25, -0.2) is 16.8 Å². The Morgan fingerprint density at radius 2 is 1.08 bits per heavy atom. The lowest BCUT2D eigenvalue weighted by atomic mass is 9.75. The van der Waals surface area contributed by atoms with Crippen molar-refractivity contribution in [1.82, 2.24) is 0 Å². The molecule has 0 aromatic heterocycles. The van der Waals surface area contributed by atoms with Crippen LogP contribution in [0.25, 0.3) is 0 Å². The normalized spacial score (nSPS) is 21.4. The molecule has 13 heteroatoms. The summed E-state index contributed by atoms with van der Waals surface area (Å²) in [5, 5.41) is 8.77. The van der Waals surface area contributed by atoms with Crippen LogP contribution in [-0.4, -0.2) is 87.5 Å². The number of unbranched alkanes of at least 4 members (excludes halogenated alkanes) is 2. The van der Waals surface area contributed by atoms with Gasteiger partial charge in [0.25, 0.3) is 0 Å². The predicted octanol–water partition coefficient (Wildman–Crippen LogP) is 7.91. The summed E-state index contributed by atoms with van der Waals surface area (Å²) in [6.07, 6.45) is 9.45. The highest BCUT2D eigenvalue weighted by Gasteiger charge is 2.51. The van der Waals surface area contributed by atoms with Gasteiger partial charge in [0, 0.05) is 68.7 Å². The molecule has 11 nitrogen and oxygen atoms in total. The minimum absolute atomic E-state index is 0.0556. The third-order valence-corrected chi connectivity index (χ3v) is 16.4. The molecule has 0 radical (unpaired) electrons. The van der Waals surface area contributed by atoms with Crippen LogP contribution in [0.2, 0.25) is 0 Å². The number of para-hydroxylation sites is 1. The molecule has 0 aliphatic carbocycles. The third kappa shape index (κ3) is 7.41. The second kappa shape index (κ2) is 15.7. The Morgan fingerprint density at radius 3 is 1.62 bits per heavy atom. The third-order valence-electron chi connectivity index (χ3n) is 14.6. The van der Waals surface area contributed by atoms with Crippen molar-refractivity contribution in [2.24, 2.45) is 0 Å². The number of carbonyl (C=O) groups is 1. The number of hydrogen-bond donors (Lipinski definition) is 1. The summed E-state index contributed by atoms with van der Waals surface area (Å²) >= 11 is 0. The number of carboxylic acids is 1. The zero-order valence-electron chi connectivity index (χ0n) is 36.4. The summed E-state index contributed by atoms with van der Waals surface area (Å²) < 4.78 is 77.2. The van der Waals surface area contributed by atoms with Crippen molar-refractivity contribution >= 4 is 60.4 Å². The average Bonchev–Trinajstić information content (AvgIpc) is 3.63. The van der Waals surface area contributed by atoms with E-state index in [-0.39, 0.29) is 21.6 Å². The zero-order valence-corrected chi connectivity index (χ0v) is 38.0. The van der Waals surface area contributed by atoms with Gasteiger partial charge in [-0.05, 0) is 78.9 Å². The maximum absolute atomic E-state index is 11.9. The maximum Gasteiger partial charge on any atom is 0.303 e. The molecule has 3 aromatic rings. The Labute approximate surface area is 356 Å². The quantitative estimate of drug-likeness (QED) is 0.136. The van der Waals surface area contributed by atoms with Gasteiger partial charge in [0.2, 0.25) is 17.1 Å². The van der Waals surface area contributed by atoms with E-state index in [4.69, 9.17) is 5.11 Å². The van der Waals surface area contributed by atoms with E-state index in [9.17, 15) is 30.7 Å².